The fourth-order valence-corrected chi connectivity index (χ4v) is 4.17. The molecule has 2 aliphatic heterocycles. The summed E-state index contributed by atoms with van der Waals surface area (Å²) in [4.78, 5) is 15.1. The highest BCUT2D eigenvalue weighted by Crippen LogP contribution is 2.26. The summed E-state index contributed by atoms with van der Waals surface area (Å²) < 4.78 is 39.8. The Bertz CT molecular complexity index is 940. The number of ether oxygens (including phenoxy) is 2. The number of aryl methyl sites for hydroxylation is 1. The lowest BCUT2D eigenvalue weighted by atomic mass is 9.92. The van der Waals surface area contributed by atoms with Gasteiger partial charge in [0.25, 0.3) is 0 Å². The summed E-state index contributed by atoms with van der Waals surface area (Å²) in [5, 5.41) is 9.10. The Morgan fingerprint density at radius 3 is 2.45 bits per heavy atom. The van der Waals surface area contributed by atoms with E-state index in [0.29, 0.717) is 12.5 Å². The first-order valence-corrected chi connectivity index (χ1v) is 11.6. The van der Waals surface area contributed by atoms with Crippen LogP contribution in [0.5, 0.6) is 5.75 Å². The third-order valence-corrected chi connectivity index (χ3v) is 6.17. The van der Waals surface area contributed by atoms with Gasteiger partial charge in [-0.2, -0.15) is 0 Å². The molecule has 1 N–H and O–H groups in total. The van der Waals surface area contributed by atoms with Gasteiger partial charge in [0, 0.05) is 37.6 Å². The summed E-state index contributed by atoms with van der Waals surface area (Å²) in [5.74, 6) is -0.162. The average Bonchev–Trinajstić information content (AvgIpc) is 3.31. The molecule has 1 aromatic heterocycles. The molecule has 1 saturated heterocycles. The van der Waals surface area contributed by atoms with Crippen LogP contribution in [0.4, 0.5) is 14.7 Å². The molecule has 33 heavy (non-hydrogen) atoms. The second kappa shape index (κ2) is 10.9. The first-order valence-electron chi connectivity index (χ1n) is 11.6. The first-order chi connectivity index (χ1) is 16.1. The monoisotopic (exact) mass is 460 g/mol. The van der Waals surface area contributed by atoms with Gasteiger partial charge in [-0.05, 0) is 43.6 Å². The molecule has 4 rings (SSSR count). The van der Waals surface area contributed by atoms with Crippen LogP contribution in [0.25, 0.3) is 0 Å². The summed E-state index contributed by atoms with van der Waals surface area (Å²) >= 11 is 0. The third kappa shape index (κ3) is 5.76. The van der Waals surface area contributed by atoms with E-state index in [1.54, 1.807) is 0 Å². The van der Waals surface area contributed by atoms with Crippen molar-refractivity contribution >= 4 is 11.8 Å². The Morgan fingerprint density at radius 1 is 1.15 bits per heavy atom. The van der Waals surface area contributed by atoms with Gasteiger partial charge in [0.1, 0.15) is 29.1 Å². The van der Waals surface area contributed by atoms with Crippen LogP contribution in [0.15, 0.2) is 29.5 Å². The molecule has 0 spiro atoms. The van der Waals surface area contributed by atoms with Gasteiger partial charge in [-0.15, -0.1) is 0 Å². The van der Waals surface area contributed by atoms with E-state index in [1.165, 1.54) is 0 Å². The maximum atomic E-state index is 14.5. The van der Waals surface area contributed by atoms with Crippen molar-refractivity contribution in [3.05, 3.63) is 47.3 Å². The molecule has 2 aromatic rings. The van der Waals surface area contributed by atoms with Gasteiger partial charge in [-0.3, -0.25) is 0 Å². The number of rotatable bonds is 9. The van der Waals surface area contributed by atoms with Crippen LogP contribution in [0.1, 0.15) is 43.7 Å². The number of aliphatic hydroxyl groups is 1. The molecule has 178 valence electrons. The Hall–Kier alpha value is -2.81. The Kier molecular flexibility index (Phi) is 7.69. The van der Waals surface area contributed by atoms with Gasteiger partial charge in [0.15, 0.2) is 0 Å². The topological polar surface area (TPSA) is 80.1 Å². The average molecular weight is 461 g/mol. The minimum absolute atomic E-state index is 0.117. The van der Waals surface area contributed by atoms with Crippen molar-refractivity contribution in [3.8, 4) is 5.75 Å². The second-order valence-corrected chi connectivity index (χ2v) is 8.50. The van der Waals surface area contributed by atoms with Crippen molar-refractivity contribution in [1.82, 2.24) is 9.97 Å². The zero-order chi connectivity index (χ0) is 23.2. The number of benzene rings is 1. The van der Waals surface area contributed by atoms with Crippen LogP contribution in [-0.4, -0.2) is 59.9 Å². The highest BCUT2D eigenvalue weighted by molar-refractivity contribution is 5.95. The van der Waals surface area contributed by atoms with E-state index in [-0.39, 0.29) is 30.4 Å². The fraction of sp³-hybridized carbons (Fsp3) is 0.542. The van der Waals surface area contributed by atoms with Crippen molar-refractivity contribution in [2.24, 2.45) is 10.9 Å². The van der Waals surface area contributed by atoms with E-state index in [0.717, 1.165) is 68.8 Å². The van der Waals surface area contributed by atoms with Gasteiger partial charge in [-0.25, -0.2) is 23.7 Å². The molecule has 1 fully saturated rings. The van der Waals surface area contributed by atoms with E-state index in [1.807, 2.05) is 12.4 Å². The van der Waals surface area contributed by atoms with Crippen LogP contribution in [0, 0.1) is 17.6 Å². The summed E-state index contributed by atoms with van der Waals surface area (Å²) in [5.41, 5.74) is 0.817. The van der Waals surface area contributed by atoms with Gasteiger partial charge in [0.2, 0.25) is 11.8 Å². The zero-order valence-electron chi connectivity index (χ0n) is 18.8. The quantitative estimate of drug-likeness (QED) is 0.577. The van der Waals surface area contributed by atoms with Crippen LogP contribution < -0.4 is 9.64 Å². The van der Waals surface area contributed by atoms with Gasteiger partial charge >= 0.3 is 0 Å². The van der Waals surface area contributed by atoms with Crippen LogP contribution >= 0.6 is 0 Å². The number of aliphatic hydroxyl groups excluding tert-OH is 1. The van der Waals surface area contributed by atoms with Crippen LogP contribution in [-0.2, 0) is 11.2 Å². The summed E-state index contributed by atoms with van der Waals surface area (Å²) in [7, 11) is 0. The molecule has 0 aliphatic carbocycles. The molecule has 0 saturated carbocycles. The van der Waals surface area contributed by atoms with E-state index >= 15 is 0 Å². The van der Waals surface area contributed by atoms with E-state index in [9.17, 15) is 8.78 Å². The Labute approximate surface area is 192 Å². The number of aromatic nitrogens is 2. The molecule has 9 heteroatoms. The highest BCUT2D eigenvalue weighted by Gasteiger charge is 2.26. The minimum Gasteiger partial charge on any atom is -0.493 e. The minimum atomic E-state index is -0.788. The molecule has 2 aliphatic rings. The summed E-state index contributed by atoms with van der Waals surface area (Å²) in [6.45, 7) is 4.26. The fourth-order valence-electron chi connectivity index (χ4n) is 4.17. The normalized spacial score (nSPS) is 18.8. The maximum absolute atomic E-state index is 14.5. The van der Waals surface area contributed by atoms with Crippen LogP contribution in [0.3, 0.4) is 0 Å². The predicted molar refractivity (Wildman–Crippen MR) is 121 cm³/mol. The third-order valence-electron chi connectivity index (χ3n) is 6.17. The number of hydrogen-bond acceptors (Lipinski definition) is 7. The lowest BCUT2D eigenvalue weighted by Gasteiger charge is -2.32. The second-order valence-electron chi connectivity index (χ2n) is 8.50. The SMILES string of the molecule is CCc1cnc(N2CCC(CCCOc3cc(F)c(C4=NC[C@H](CO)O4)c(F)c3)CC2)nc1. The van der Waals surface area contributed by atoms with Crippen molar-refractivity contribution in [2.45, 2.75) is 45.1 Å². The van der Waals surface area contributed by atoms with Crippen molar-refractivity contribution in [1.29, 1.82) is 0 Å². The molecule has 0 bridgehead atoms. The Morgan fingerprint density at radius 2 is 1.85 bits per heavy atom. The first kappa shape index (κ1) is 23.4. The van der Waals surface area contributed by atoms with Crippen LogP contribution in [0.2, 0.25) is 0 Å². The number of halogens is 2. The van der Waals surface area contributed by atoms with Gasteiger partial charge in [0.05, 0.1) is 19.8 Å². The molecule has 7 nitrogen and oxygen atoms in total. The van der Waals surface area contributed by atoms with Crippen molar-refractivity contribution in [3.63, 3.8) is 0 Å². The maximum Gasteiger partial charge on any atom is 0.225 e. The molecule has 0 amide bonds. The van der Waals surface area contributed by atoms with E-state index < -0.39 is 17.7 Å². The smallest absolute Gasteiger partial charge is 0.225 e. The molecule has 1 aromatic carbocycles. The number of hydrogen-bond donors (Lipinski definition) is 1. The molecule has 3 heterocycles. The molecule has 0 unspecified atom stereocenters. The standard InChI is InChI=1S/C24H30F2N4O3/c1-2-16-12-28-24(29-13-16)30-7-5-17(6-8-30)4-3-9-32-18-10-20(25)22(21(26)11-18)23-27-14-19(15-31)33-23/h10-13,17,19,31H,2-9,14-15H2,1H3/t19-/m1/s1. The lowest BCUT2D eigenvalue weighted by Crippen LogP contribution is -2.35. The Balaban J connectivity index is 1.20. The lowest BCUT2D eigenvalue weighted by molar-refractivity contribution is 0.129. The van der Waals surface area contributed by atoms with Gasteiger partial charge in [-0.1, -0.05) is 6.92 Å². The van der Waals surface area contributed by atoms with Crippen molar-refractivity contribution < 1.29 is 23.4 Å². The van der Waals surface area contributed by atoms with E-state index in [4.69, 9.17) is 14.6 Å². The summed E-state index contributed by atoms with van der Waals surface area (Å²) in [6, 6.07) is 2.30. The predicted octanol–water partition coefficient (Wildman–Crippen LogP) is 3.53. The summed E-state index contributed by atoms with van der Waals surface area (Å²) in [6.07, 6.45) is 8.10. The number of piperidine rings is 1. The molecular weight excluding hydrogens is 430 g/mol. The number of nitrogens with zero attached hydrogens (tertiary/aromatic N) is 4. The number of aliphatic imine (C=N–C) groups is 1. The van der Waals surface area contributed by atoms with E-state index in [2.05, 4.69) is 26.8 Å². The molecule has 0 radical (unpaired) electrons. The molecule has 1 atom stereocenters. The van der Waals surface area contributed by atoms with Crippen molar-refractivity contribution in [2.75, 3.05) is 37.7 Å². The number of anilines is 1. The van der Waals surface area contributed by atoms with Gasteiger partial charge < -0.3 is 19.5 Å². The highest BCUT2D eigenvalue weighted by atomic mass is 19.1. The zero-order valence-corrected chi connectivity index (χ0v) is 18.8. The largest absolute Gasteiger partial charge is 0.493 e. The molecular formula is C24H30F2N4O3.